The van der Waals surface area contributed by atoms with E-state index >= 15 is 0 Å². The highest BCUT2D eigenvalue weighted by Crippen LogP contribution is 2.22. The molecule has 0 saturated carbocycles. The van der Waals surface area contributed by atoms with Crippen LogP contribution in [-0.2, 0) is 11.3 Å². The smallest absolute Gasteiger partial charge is 0.265 e. The van der Waals surface area contributed by atoms with Crippen LogP contribution in [0.3, 0.4) is 0 Å². The zero-order valence-corrected chi connectivity index (χ0v) is 12.2. The zero-order valence-electron chi connectivity index (χ0n) is 9.84. The van der Waals surface area contributed by atoms with Crippen molar-refractivity contribution in [3.8, 4) is 11.4 Å². The molecule has 0 atom stereocenters. The first-order valence-electron chi connectivity index (χ1n) is 5.26. The third-order valence-corrected chi connectivity index (χ3v) is 3.53. The Morgan fingerprint density at radius 1 is 1.53 bits per heavy atom. The molecule has 0 aliphatic rings. The second kappa shape index (κ2) is 5.81. The van der Waals surface area contributed by atoms with Gasteiger partial charge in [-0.25, -0.2) is 9.37 Å². The molecule has 0 bridgehead atoms. The van der Waals surface area contributed by atoms with E-state index in [9.17, 15) is 9.18 Å². The Hall–Kier alpha value is -1.24. The molecule has 19 heavy (non-hydrogen) atoms. The van der Waals surface area contributed by atoms with Gasteiger partial charge in [0.2, 0.25) is 0 Å². The summed E-state index contributed by atoms with van der Waals surface area (Å²) < 4.78 is 18.7. The molecule has 1 aromatic heterocycles. The van der Waals surface area contributed by atoms with Gasteiger partial charge in [0.15, 0.2) is 0 Å². The summed E-state index contributed by atoms with van der Waals surface area (Å²) in [4.78, 5) is 18.5. The van der Waals surface area contributed by atoms with Gasteiger partial charge in [0, 0.05) is 12.7 Å². The van der Waals surface area contributed by atoms with Crippen molar-refractivity contribution in [2.75, 3.05) is 7.11 Å². The van der Waals surface area contributed by atoms with Crippen LogP contribution >= 0.6 is 27.5 Å². The Balaban J connectivity index is 2.56. The number of nitrogens with one attached hydrogen (secondary N) is 1. The van der Waals surface area contributed by atoms with Crippen molar-refractivity contribution < 1.29 is 9.13 Å². The lowest BCUT2D eigenvalue weighted by Gasteiger charge is -2.06. The van der Waals surface area contributed by atoms with Crippen LogP contribution in [0.15, 0.2) is 27.5 Å². The molecular weight excluding hydrogens is 338 g/mol. The van der Waals surface area contributed by atoms with Crippen LogP contribution in [0.5, 0.6) is 0 Å². The Morgan fingerprint density at radius 3 is 2.89 bits per heavy atom. The van der Waals surface area contributed by atoms with E-state index in [0.29, 0.717) is 15.7 Å². The van der Waals surface area contributed by atoms with Crippen molar-refractivity contribution in [2.45, 2.75) is 6.61 Å². The normalized spacial score (nSPS) is 10.7. The van der Waals surface area contributed by atoms with E-state index in [2.05, 4.69) is 25.9 Å². The van der Waals surface area contributed by atoms with E-state index in [-0.39, 0.29) is 23.0 Å². The average molecular weight is 348 g/mol. The second-order valence-electron chi connectivity index (χ2n) is 3.74. The monoisotopic (exact) mass is 346 g/mol. The van der Waals surface area contributed by atoms with Crippen LogP contribution in [0.4, 0.5) is 4.39 Å². The van der Waals surface area contributed by atoms with E-state index in [1.807, 2.05) is 0 Å². The third kappa shape index (κ3) is 3.02. The van der Waals surface area contributed by atoms with Crippen LogP contribution in [0.2, 0.25) is 5.02 Å². The number of ether oxygens (including phenoxy) is 1. The minimum absolute atomic E-state index is 0.0142. The lowest BCUT2D eigenvalue weighted by atomic mass is 10.2. The fourth-order valence-corrected chi connectivity index (χ4v) is 1.94. The predicted molar refractivity (Wildman–Crippen MR) is 73.7 cm³/mol. The van der Waals surface area contributed by atoms with Crippen molar-refractivity contribution in [1.29, 1.82) is 0 Å². The molecule has 100 valence electrons. The molecule has 0 aliphatic heterocycles. The molecule has 1 aromatic carbocycles. The first-order valence-corrected chi connectivity index (χ1v) is 6.43. The van der Waals surface area contributed by atoms with Crippen molar-refractivity contribution >= 4 is 27.5 Å². The lowest BCUT2D eigenvalue weighted by Crippen LogP contribution is -2.14. The van der Waals surface area contributed by atoms with Gasteiger partial charge in [0.25, 0.3) is 5.56 Å². The SMILES string of the molecule is COCc1nc(-c2ccc(Cl)c(F)c2)[nH]c(=O)c1Br. The molecule has 0 radical (unpaired) electrons. The summed E-state index contributed by atoms with van der Waals surface area (Å²) in [5, 5.41) is 0.0142. The van der Waals surface area contributed by atoms with Gasteiger partial charge >= 0.3 is 0 Å². The fourth-order valence-electron chi connectivity index (χ4n) is 1.52. The number of halogens is 3. The lowest BCUT2D eigenvalue weighted by molar-refractivity contribution is 0.180. The maximum Gasteiger partial charge on any atom is 0.265 e. The third-order valence-electron chi connectivity index (χ3n) is 2.41. The minimum Gasteiger partial charge on any atom is -0.378 e. The number of nitrogens with zero attached hydrogens (tertiary/aromatic N) is 1. The number of methoxy groups -OCH3 is 1. The van der Waals surface area contributed by atoms with Gasteiger partial charge in [-0.1, -0.05) is 11.6 Å². The zero-order chi connectivity index (χ0) is 14.0. The molecule has 0 spiro atoms. The van der Waals surface area contributed by atoms with Crippen LogP contribution in [-0.4, -0.2) is 17.1 Å². The molecule has 0 fully saturated rings. The van der Waals surface area contributed by atoms with Crippen molar-refractivity contribution in [3.05, 3.63) is 49.6 Å². The van der Waals surface area contributed by atoms with Crippen molar-refractivity contribution in [3.63, 3.8) is 0 Å². The summed E-state index contributed by atoms with van der Waals surface area (Å²) >= 11 is 8.74. The molecule has 0 amide bonds. The summed E-state index contributed by atoms with van der Waals surface area (Å²) in [6.07, 6.45) is 0. The van der Waals surface area contributed by atoms with E-state index in [4.69, 9.17) is 16.3 Å². The van der Waals surface area contributed by atoms with E-state index < -0.39 is 5.82 Å². The molecule has 1 N–H and O–H groups in total. The summed E-state index contributed by atoms with van der Waals surface area (Å²) in [6.45, 7) is 0.174. The number of aromatic nitrogens is 2. The molecule has 4 nitrogen and oxygen atoms in total. The van der Waals surface area contributed by atoms with E-state index in [1.54, 1.807) is 6.07 Å². The first-order chi connectivity index (χ1) is 9.02. The summed E-state index contributed by atoms with van der Waals surface area (Å²) in [7, 11) is 1.50. The fraction of sp³-hybridized carbons (Fsp3) is 0.167. The van der Waals surface area contributed by atoms with Crippen LogP contribution in [0.25, 0.3) is 11.4 Å². The predicted octanol–water partition coefficient (Wildman–Crippen LogP) is 3.14. The van der Waals surface area contributed by atoms with Gasteiger partial charge in [0.1, 0.15) is 16.1 Å². The number of hydrogen-bond donors (Lipinski definition) is 1. The maximum absolute atomic E-state index is 13.4. The second-order valence-corrected chi connectivity index (χ2v) is 4.94. The van der Waals surface area contributed by atoms with Crippen LogP contribution in [0.1, 0.15) is 5.69 Å². The molecule has 0 unspecified atom stereocenters. The number of benzene rings is 1. The Kier molecular flexibility index (Phi) is 4.34. The molecular formula is C12H9BrClFN2O2. The molecule has 1 heterocycles. The number of H-pyrrole nitrogens is 1. The van der Waals surface area contributed by atoms with Gasteiger partial charge in [-0.05, 0) is 34.1 Å². The largest absolute Gasteiger partial charge is 0.378 e. The van der Waals surface area contributed by atoms with Gasteiger partial charge in [-0.2, -0.15) is 0 Å². The average Bonchev–Trinajstić information content (AvgIpc) is 2.38. The summed E-state index contributed by atoms with van der Waals surface area (Å²) in [6, 6.07) is 4.20. The number of aromatic amines is 1. The van der Waals surface area contributed by atoms with Gasteiger partial charge in [-0.3, -0.25) is 4.79 Å². The van der Waals surface area contributed by atoms with E-state index in [0.717, 1.165) is 0 Å². The van der Waals surface area contributed by atoms with Crippen LogP contribution < -0.4 is 5.56 Å². The van der Waals surface area contributed by atoms with E-state index in [1.165, 1.54) is 19.2 Å². The van der Waals surface area contributed by atoms with Gasteiger partial charge in [0.05, 0.1) is 17.3 Å². The molecule has 2 aromatic rings. The van der Waals surface area contributed by atoms with Crippen molar-refractivity contribution in [2.24, 2.45) is 0 Å². The summed E-state index contributed by atoms with van der Waals surface area (Å²) in [5.41, 5.74) is 0.521. The molecule has 0 aliphatic carbocycles. The Labute approximate surface area is 121 Å². The molecule has 0 saturated heterocycles. The number of hydrogen-bond acceptors (Lipinski definition) is 3. The first kappa shape index (κ1) is 14.2. The number of rotatable bonds is 3. The van der Waals surface area contributed by atoms with Gasteiger partial charge in [-0.15, -0.1) is 0 Å². The topological polar surface area (TPSA) is 55.0 Å². The highest BCUT2D eigenvalue weighted by molar-refractivity contribution is 9.10. The van der Waals surface area contributed by atoms with Crippen molar-refractivity contribution in [1.82, 2.24) is 9.97 Å². The quantitative estimate of drug-likeness (QED) is 0.928. The standard InChI is InChI=1S/C12H9BrClFN2O2/c1-19-5-9-10(13)12(18)17-11(16-9)6-2-3-7(14)8(15)4-6/h2-4H,5H2,1H3,(H,16,17,18). The summed E-state index contributed by atoms with van der Waals surface area (Å²) in [5.74, 6) is -0.311. The Morgan fingerprint density at radius 2 is 2.26 bits per heavy atom. The van der Waals surface area contributed by atoms with Crippen LogP contribution in [0, 0.1) is 5.82 Å². The molecule has 7 heteroatoms. The Bertz CT molecular complexity index is 675. The minimum atomic E-state index is -0.571. The highest BCUT2D eigenvalue weighted by atomic mass is 79.9. The molecule has 2 rings (SSSR count). The van der Waals surface area contributed by atoms with Gasteiger partial charge < -0.3 is 9.72 Å². The maximum atomic E-state index is 13.4. The highest BCUT2D eigenvalue weighted by Gasteiger charge is 2.11.